The summed E-state index contributed by atoms with van der Waals surface area (Å²) in [5.41, 5.74) is 1.27. The summed E-state index contributed by atoms with van der Waals surface area (Å²) in [5, 5.41) is 0. The van der Waals surface area contributed by atoms with Gasteiger partial charge in [-0.1, -0.05) is 30.3 Å². The maximum atomic E-state index is 5.48. The summed E-state index contributed by atoms with van der Waals surface area (Å²) >= 11 is 0. The van der Waals surface area contributed by atoms with E-state index in [4.69, 9.17) is 4.74 Å². The van der Waals surface area contributed by atoms with Gasteiger partial charge in [0.2, 0.25) is 0 Å². The third kappa shape index (κ3) is 2.49. The Hall–Kier alpha value is -1.51. The SMILES string of the molecule is CC1COC(N(C)Cc2ccccc2)=N1. The molecule has 1 unspecified atom stereocenters. The first kappa shape index (κ1) is 10.0. The van der Waals surface area contributed by atoms with E-state index in [1.54, 1.807) is 0 Å². The summed E-state index contributed by atoms with van der Waals surface area (Å²) in [6, 6.07) is 11.4. The van der Waals surface area contributed by atoms with E-state index in [-0.39, 0.29) is 0 Å². The molecule has 1 aliphatic heterocycles. The smallest absolute Gasteiger partial charge is 0.287 e. The molecule has 0 amide bonds. The lowest BCUT2D eigenvalue weighted by Crippen LogP contribution is -2.26. The second-order valence-corrected chi connectivity index (χ2v) is 3.91. The van der Waals surface area contributed by atoms with Crippen LogP contribution in [0.4, 0.5) is 0 Å². The first-order valence-electron chi connectivity index (χ1n) is 5.21. The number of amidine groups is 1. The molecule has 0 radical (unpaired) electrons. The van der Waals surface area contributed by atoms with Crippen molar-refractivity contribution >= 4 is 6.02 Å². The molecule has 0 saturated heterocycles. The lowest BCUT2D eigenvalue weighted by Gasteiger charge is -2.17. The average Bonchev–Trinajstić information content (AvgIpc) is 2.66. The molecule has 3 heteroatoms. The number of nitrogens with zero attached hydrogens (tertiary/aromatic N) is 2. The number of rotatable bonds is 2. The highest BCUT2D eigenvalue weighted by Crippen LogP contribution is 2.09. The second-order valence-electron chi connectivity index (χ2n) is 3.91. The van der Waals surface area contributed by atoms with Crippen molar-refractivity contribution < 1.29 is 4.74 Å². The van der Waals surface area contributed by atoms with Gasteiger partial charge in [0, 0.05) is 13.6 Å². The monoisotopic (exact) mass is 204 g/mol. The average molecular weight is 204 g/mol. The van der Waals surface area contributed by atoms with Crippen molar-refractivity contribution in [3.63, 3.8) is 0 Å². The van der Waals surface area contributed by atoms with Gasteiger partial charge in [-0.15, -0.1) is 0 Å². The topological polar surface area (TPSA) is 24.8 Å². The Morgan fingerprint density at radius 2 is 2.13 bits per heavy atom. The molecule has 0 N–H and O–H groups in total. The maximum absolute atomic E-state index is 5.48. The van der Waals surface area contributed by atoms with Crippen LogP contribution in [0, 0.1) is 0 Å². The summed E-state index contributed by atoms with van der Waals surface area (Å²) < 4.78 is 5.48. The standard InChI is InChI=1S/C12H16N2O/c1-10-9-15-12(13-10)14(2)8-11-6-4-3-5-7-11/h3-7,10H,8-9H2,1-2H3. The third-order valence-electron chi connectivity index (χ3n) is 2.37. The molecule has 0 bridgehead atoms. The van der Waals surface area contributed by atoms with Crippen LogP contribution in [0.5, 0.6) is 0 Å². The van der Waals surface area contributed by atoms with Gasteiger partial charge in [-0.05, 0) is 12.5 Å². The van der Waals surface area contributed by atoms with Crippen LogP contribution >= 0.6 is 0 Å². The number of hydrogen-bond acceptors (Lipinski definition) is 3. The molecular weight excluding hydrogens is 188 g/mol. The predicted octanol–water partition coefficient (Wildman–Crippen LogP) is 1.89. The predicted molar refractivity (Wildman–Crippen MR) is 60.8 cm³/mol. The van der Waals surface area contributed by atoms with Crippen LogP contribution in [0.25, 0.3) is 0 Å². The van der Waals surface area contributed by atoms with Crippen LogP contribution < -0.4 is 0 Å². The van der Waals surface area contributed by atoms with Crippen molar-refractivity contribution in [1.29, 1.82) is 0 Å². The van der Waals surface area contributed by atoms with Crippen molar-refractivity contribution in [3.8, 4) is 0 Å². The van der Waals surface area contributed by atoms with Crippen molar-refractivity contribution in [1.82, 2.24) is 4.90 Å². The van der Waals surface area contributed by atoms with Crippen LogP contribution in [-0.4, -0.2) is 30.6 Å². The second kappa shape index (κ2) is 4.34. The molecule has 1 aromatic carbocycles. The lowest BCUT2D eigenvalue weighted by molar-refractivity contribution is 0.267. The molecule has 1 heterocycles. The third-order valence-corrected chi connectivity index (χ3v) is 2.37. The fourth-order valence-corrected chi connectivity index (χ4v) is 1.59. The summed E-state index contributed by atoms with van der Waals surface area (Å²) in [6.07, 6.45) is 0. The Balaban J connectivity index is 1.98. The van der Waals surface area contributed by atoms with E-state index in [9.17, 15) is 0 Å². The largest absolute Gasteiger partial charge is 0.463 e. The van der Waals surface area contributed by atoms with E-state index in [2.05, 4.69) is 24.0 Å². The van der Waals surface area contributed by atoms with Crippen LogP contribution in [0.1, 0.15) is 12.5 Å². The Morgan fingerprint density at radius 3 is 2.73 bits per heavy atom. The minimum absolute atomic E-state index is 0.290. The van der Waals surface area contributed by atoms with Crippen molar-refractivity contribution in [2.75, 3.05) is 13.7 Å². The molecule has 0 aromatic heterocycles. The van der Waals surface area contributed by atoms with Gasteiger partial charge >= 0.3 is 0 Å². The van der Waals surface area contributed by atoms with E-state index < -0.39 is 0 Å². The molecule has 0 spiro atoms. The quantitative estimate of drug-likeness (QED) is 0.735. The van der Waals surface area contributed by atoms with Crippen LogP contribution in [-0.2, 0) is 11.3 Å². The summed E-state index contributed by atoms with van der Waals surface area (Å²) in [5.74, 6) is 0. The number of benzene rings is 1. The molecule has 0 aliphatic carbocycles. The van der Waals surface area contributed by atoms with Gasteiger partial charge in [0.15, 0.2) is 0 Å². The molecule has 3 nitrogen and oxygen atoms in total. The number of ether oxygens (including phenoxy) is 1. The summed E-state index contributed by atoms with van der Waals surface area (Å²) in [4.78, 5) is 6.45. The molecule has 15 heavy (non-hydrogen) atoms. The normalized spacial score (nSPS) is 19.6. The molecule has 80 valence electrons. The highest BCUT2D eigenvalue weighted by Gasteiger charge is 2.17. The summed E-state index contributed by atoms with van der Waals surface area (Å²) in [7, 11) is 2.00. The highest BCUT2D eigenvalue weighted by atomic mass is 16.5. The van der Waals surface area contributed by atoms with E-state index >= 15 is 0 Å². The van der Waals surface area contributed by atoms with E-state index in [0.29, 0.717) is 12.6 Å². The Labute approximate surface area is 90.4 Å². The lowest BCUT2D eigenvalue weighted by atomic mass is 10.2. The number of aliphatic imine (C=N–C) groups is 1. The van der Waals surface area contributed by atoms with E-state index in [1.807, 2.05) is 30.1 Å². The minimum Gasteiger partial charge on any atom is -0.463 e. The molecule has 1 aromatic rings. The van der Waals surface area contributed by atoms with Gasteiger partial charge in [-0.2, -0.15) is 0 Å². The van der Waals surface area contributed by atoms with E-state index in [0.717, 1.165) is 12.6 Å². The van der Waals surface area contributed by atoms with Gasteiger partial charge in [0.1, 0.15) is 6.61 Å². The van der Waals surface area contributed by atoms with Gasteiger partial charge < -0.3 is 9.64 Å². The van der Waals surface area contributed by atoms with Crippen LogP contribution in [0.15, 0.2) is 35.3 Å². The minimum atomic E-state index is 0.290. The zero-order valence-corrected chi connectivity index (χ0v) is 9.18. The van der Waals surface area contributed by atoms with Crippen LogP contribution in [0.3, 0.4) is 0 Å². The Kier molecular flexibility index (Phi) is 2.90. The highest BCUT2D eigenvalue weighted by molar-refractivity contribution is 5.75. The molecule has 0 saturated carbocycles. The van der Waals surface area contributed by atoms with Crippen molar-refractivity contribution in [2.24, 2.45) is 4.99 Å². The maximum Gasteiger partial charge on any atom is 0.287 e. The molecule has 1 atom stereocenters. The van der Waals surface area contributed by atoms with E-state index in [1.165, 1.54) is 5.56 Å². The van der Waals surface area contributed by atoms with Crippen molar-refractivity contribution in [2.45, 2.75) is 19.5 Å². The summed E-state index contributed by atoms with van der Waals surface area (Å²) in [6.45, 7) is 3.60. The van der Waals surface area contributed by atoms with Gasteiger partial charge in [-0.25, -0.2) is 4.99 Å². The zero-order chi connectivity index (χ0) is 10.7. The van der Waals surface area contributed by atoms with Crippen molar-refractivity contribution in [3.05, 3.63) is 35.9 Å². The first-order valence-corrected chi connectivity index (χ1v) is 5.21. The first-order chi connectivity index (χ1) is 7.25. The Bertz CT molecular complexity index is 348. The molecule has 1 aliphatic rings. The Morgan fingerprint density at radius 1 is 1.40 bits per heavy atom. The number of hydrogen-bond donors (Lipinski definition) is 0. The van der Waals surface area contributed by atoms with Gasteiger partial charge in [0.05, 0.1) is 6.04 Å². The fourth-order valence-electron chi connectivity index (χ4n) is 1.59. The van der Waals surface area contributed by atoms with Gasteiger partial charge in [-0.3, -0.25) is 0 Å². The zero-order valence-electron chi connectivity index (χ0n) is 9.18. The molecular formula is C12H16N2O. The van der Waals surface area contributed by atoms with Gasteiger partial charge in [0.25, 0.3) is 6.02 Å². The molecule has 0 fully saturated rings. The molecule has 2 rings (SSSR count). The van der Waals surface area contributed by atoms with Crippen LogP contribution in [0.2, 0.25) is 0 Å². The fraction of sp³-hybridized carbons (Fsp3) is 0.417.